The Morgan fingerprint density at radius 2 is 1.97 bits per heavy atom. The third kappa shape index (κ3) is 4.98. The number of ether oxygens (including phenoxy) is 3. The molecule has 1 aromatic heterocycles. The summed E-state index contributed by atoms with van der Waals surface area (Å²) in [5.41, 5.74) is 3.52. The number of halogens is 1. The number of hydrogen-bond donors (Lipinski definition) is 0. The summed E-state index contributed by atoms with van der Waals surface area (Å²) in [6, 6.07) is 9.77. The summed E-state index contributed by atoms with van der Waals surface area (Å²) in [5.74, 6) is 1.82. The van der Waals surface area contributed by atoms with Crippen molar-refractivity contribution in [2.45, 2.75) is 39.7 Å². The normalized spacial score (nSPS) is 13.4. The fraction of sp³-hybridized carbons (Fsp3) is 0.375. The van der Waals surface area contributed by atoms with Crippen molar-refractivity contribution in [2.24, 2.45) is 5.92 Å². The molecule has 0 amide bonds. The Hall–Kier alpha value is -2.47. The van der Waals surface area contributed by atoms with Crippen LogP contribution in [0.1, 0.15) is 36.5 Å². The quantitative estimate of drug-likeness (QED) is 0.358. The monoisotopic (exact) mass is 472 g/mol. The summed E-state index contributed by atoms with van der Waals surface area (Å²) < 4.78 is 23.9. The Bertz CT molecular complexity index is 1050. The molecule has 2 aromatic carbocycles. The number of fused-ring (bicyclic) bond motifs is 1. The van der Waals surface area contributed by atoms with Crippen LogP contribution >= 0.6 is 15.9 Å². The van der Waals surface area contributed by atoms with Crippen molar-refractivity contribution in [3.8, 4) is 11.5 Å². The van der Waals surface area contributed by atoms with Gasteiger partial charge >= 0.3 is 5.97 Å². The van der Waals surface area contributed by atoms with E-state index in [1.165, 1.54) is 12.8 Å². The first-order valence-electron chi connectivity index (χ1n) is 10.2. The minimum absolute atomic E-state index is 0.181. The lowest BCUT2D eigenvalue weighted by atomic mass is 10.1. The number of hydrogen-bond acceptors (Lipinski definition) is 5. The van der Waals surface area contributed by atoms with Crippen LogP contribution in [-0.4, -0.2) is 19.2 Å². The fourth-order valence-corrected chi connectivity index (χ4v) is 3.74. The Balaban J connectivity index is 1.53. The topological polar surface area (TPSA) is 57.9 Å². The molecule has 0 saturated heterocycles. The molecule has 1 fully saturated rings. The molecule has 0 bridgehead atoms. The van der Waals surface area contributed by atoms with E-state index in [4.69, 9.17) is 18.6 Å². The molecule has 5 nitrogen and oxygen atoms in total. The average molecular weight is 473 g/mol. The molecule has 158 valence electrons. The third-order valence-electron chi connectivity index (χ3n) is 5.10. The molecule has 1 aliphatic rings. The van der Waals surface area contributed by atoms with Crippen molar-refractivity contribution in [1.82, 2.24) is 0 Å². The first-order chi connectivity index (χ1) is 14.5. The molecule has 0 spiro atoms. The molecule has 1 saturated carbocycles. The summed E-state index contributed by atoms with van der Waals surface area (Å²) in [4.78, 5) is 11.9. The molecule has 0 unspecified atom stereocenters. The van der Waals surface area contributed by atoms with Crippen molar-refractivity contribution in [3.63, 3.8) is 0 Å². The van der Waals surface area contributed by atoms with E-state index in [1.54, 1.807) is 13.2 Å². The number of aryl methyl sites for hydroxylation is 1. The lowest BCUT2D eigenvalue weighted by Crippen LogP contribution is -2.09. The van der Waals surface area contributed by atoms with E-state index < -0.39 is 0 Å². The predicted molar refractivity (Wildman–Crippen MR) is 118 cm³/mol. The van der Waals surface area contributed by atoms with E-state index in [2.05, 4.69) is 15.9 Å². The second kappa shape index (κ2) is 9.13. The Kier molecular flexibility index (Phi) is 6.32. The van der Waals surface area contributed by atoms with Crippen LogP contribution in [0, 0.1) is 12.8 Å². The van der Waals surface area contributed by atoms with E-state index in [9.17, 15) is 4.79 Å². The van der Waals surface area contributed by atoms with Crippen molar-refractivity contribution >= 4 is 32.9 Å². The summed E-state index contributed by atoms with van der Waals surface area (Å²) in [5, 5.41) is 0.953. The Morgan fingerprint density at radius 3 is 2.73 bits per heavy atom. The van der Waals surface area contributed by atoms with Gasteiger partial charge in [-0.2, -0.15) is 0 Å². The van der Waals surface area contributed by atoms with Gasteiger partial charge in [-0.05, 0) is 56.4 Å². The highest BCUT2D eigenvalue weighted by Crippen LogP contribution is 2.36. The molecule has 6 heteroatoms. The highest BCUT2D eigenvalue weighted by atomic mass is 79.9. The van der Waals surface area contributed by atoms with Gasteiger partial charge in [-0.1, -0.05) is 28.1 Å². The largest absolute Gasteiger partial charge is 0.489 e. The van der Waals surface area contributed by atoms with Crippen LogP contribution in [0.5, 0.6) is 11.5 Å². The van der Waals surface area contributed by atoms with Crippen LogP contribution < -0.4 is 9.47 Å². The molecule has 30 heavy (non-hydrogen) atoms. The summed E-state index contributed by atoms with van der Waals surface area (Å²) in [6.45, 7) is 5.20. The summed E-state index contributed by atoms with van der Waals surface area (Å²) in [7, 11) is 0. The van der Waals surface area contributed by atoms with Crippen molar-refractivity contribution < 1.29 is 23.4 Å². The maximum Gasteiger partial charge on any atom is 0.310 e. The van der Waals surface area contributed by atoms with Crippen molar-refractivity contribution in [2.75, 3.05) is 13.2 Å². The molecule has 4 rings (SSSR count). The minimum Gasteiger partial charge on any atom is -0.489 e. The zero-order chi connectivity index (χ0) is 21.1. The third-order valence-corrected chi connectivity index (χ3v) is 5.56. The maximum absolute atomic E-state index is 11.9. The van der Waals surface area contributed by atoms with E-state index in [0.717, 1.165) is 44.5 Å². The van der Waals surface area contributed by atoms with Crippen LogP contribution in [0.4, 0.5) is 0 Å². The molecule has 0 aliphatic heterocycles. The molecule has 0 radical (unpaired) electrons. The zero-order valence-electron chi connectivity index (χ0n) is 17.2. The number of rotatable bonds is 9. The molecule has 1 heterocycles. The van der Waals surface area contributed by atoms with Gasteiger partial charge in [-0.3, -0.25) is 4.79 Å². The number of furan rings is 1. The first-order valence-corrected chi connectivity index (χ1v) is 11.0. The highest BCUT2D eigenvalue weighted by Gasteiger charge is 2.23. The van der Waals surface area contributed by atoms with Crippen molar-refractivity contribution in [1.29, 1.82) is 0 Å². The van der Waals surface area contributed by atoms with Crippen LogP contribution in [-0.2, 0) is 22.6 Å². The van der Waals surface area contributed by atoms with Gasteiger partial charge < -0.3 is 18.6 Å². The van der Waals surface area contributed by atoms with E-state index in [1.807, 2.05) is 37.3 Å². The van der Waals surface area contributed by atoms with E-state index >= 15 is 0 Å². The zero-order valence-corrected chi connectivity index (χ0v) is 18.8. The number of carbonyl (C=O) groups excluding carboxylic acids is 1. The lowest BCUT2D eigenvalue weighted by Gasteiger charge is -2.12. The van der Waals surface area contributed by atoms with Crippen LogP contribution in [0.25, 0.3) is 11.0 Å². The first kappa shape index (κ1) is 20.8. The van der Waals surface area contributed by atoms with Gasteiger partial charge in [-0.25, -0.2) is 0 Å². The van der Waals surface area contributed by atoms with Crippen LogP contribution in [0.2, 0.25) is 0 Å². The van der Waals surface area contributed by atoms with Gasteiger partial charge in [-0.15, -0.1) is 0 Å². The van der Waals surface area contributed by atoms with Crippen LogP contribution in [0.15, 0.2) is 45.5 Å². The smallest absolute Gasteiger partial charge is 0.310 e. The summed E-state index contributed by atoms with van der Waals surface area (Å²) in [6.07, 6.45) is 4.36. The summed E-state index contributed by atoms with van der Waals surface area (Å²) >= 11 is 3.57. The van der Waals surface area contributed by atoms with Gasteiger partial charge in [0.05, 0.1) is 25.9 Å². The molecular formula is C24H25BrO5. The second-order valence-electron chi connectivity index (χ2n) is 7.68. The SMILES string of the molecule is CCOC(=O)Cc1ccc(C)cc1OCc1coc2c(OCC3CC3)cc(Br)cc12. The van der Waals surface area contributed by atoms with Gasteiger partial charge in [0.1, 0.15) is 12.4 Å². The van der Waals surface area contributed by atoms with E-state index in [0.29, 0.717) is 24.9 Å². The lowest BCUT2D eigenvalue weighted by molar-refractivity contribution is -0.142. The van der Waals surface area contributed by atoms with Gasteiger partial charge in [0, 0.05) is 21.0 Å². The number of esters is 1. The average Bonchev–Trinajstić information content (AvgIpc) is 3.45. The Labute approximate surface area is 184 Å². The Morgan fingerprint density at radius 1 is 1.13 bits per heavy atom. The molecule has 0 atom stereocenters. The van der Waals surface area contributed by atoms with Gasteiger partial charge in [0.2, 0.25) is 0 Å². The standard InChI is InChI=1S/C24H25BrO5/c1-3-27-23(26)9-17-7-4-15(2)8-21(17)29-13-18-14-30-24-20(18)10-19(25)11-22(24)28-12-16-5-6-16/h4,7-8,10-11,14,16H,3,5-6,9,12-13H2,1-2H3. The van der Waals surface area contributed by atoms with Gasteiger partial charge in [0.15, 0.2) is 11.3 Å². The van der Waals surface area contributed by atoms with E-state index in [-0.39, 0.29) is 12.4 Å². The number of carbonyl (C=O) groups is 1. The predicted octanol–water partition coefficient (Wildman–Crippen LogP) is 5.98. The molecule has 3 aromatic rings. The highest BCUT2D eigenvalue weighted by molar-refractivity contribution is 9.10. The van der Waals surface area contributed by atoms with Crippen molar-refractivity contribution in [3.05, 3.63) is 57.8 Å². The molecule has 1 aliphatic carbocycles. The van der Waals surface area contributed by atoms with Gasteiger partial charge in [0.25, 0.3) is 0 Å². The second-order valence-corrected chi connectivity index (χ2v) is 8.59. The number of benzene rings is 2. The fourth-order valence-electron chi connectivity index (χ4n) is 3.30. The molecular weight excluding hydrogens is 448 g/mol. The minimum atomic E-state index is -0.263. The van der Waals surface area contributed by atoms with Crippen LogP contribution in [0.3, 0.4) is 0 Å². The molecule has 0 N–H and O–H groups in total. The maximum atomic E-state index is 11.9.